The number of hydrogen-bond acceptors (Lipinski definition) is 3. The Labute approximate surface area is 97.7 Å². The van der Waals surface area contributed by atoms with Crippen LogP contribution < -0.4 is 10.1 Å². The first kappa shape index (κ1) is 10.5. The number of halogens is 1. The Balaban J connectivity index is 2.36. The largest absolute Gasteiger partial charge is 0.496 e. The van der Waals surface area contributed by atoms with Gasteiger partial charge in [0, 0.05) is 10.5 Å². The zero-order chi connectivity index (χ0) is 10.8. The Morgan fingerprint density at radius 3 is 2.93 bits per heavy atom. The van der Waals surface area contributed by atoms with E-state index in [-0.39, 0.29) is 0 Å². The number of aliphatic imine (C=N–C) groups is 1. The molecule has 1 aliphatic rings. The van der Waals surface area contributed by atoms with Gasteiger partial charge < -0.3 is 10.1 Å². The molecule has 1 aliphatic heterocycles. The van der Waals surface area contributed by atoms with Gasteiger partial charge in [-0.25, -0.2) is 0 Å². The van der Waals surface area contributed by atoms with Gasteiger partial charge >= 0.3 is 0 Å². The Bertz CT molecular complexity index is 404. The summed E-state index contributed by atoms with van der Waals surface area (Å²) in [5, 5.41) is 3.32. The first-order valence-corrected chi connectivity index (χ1v) is 5.65. The third kappa shape index (κ3) is 2.15. The van der Waals surface area contributed by atoms with Crippen molar-refractivity contribution in [3.05, 3.63) is 28.2 Å². The van der Waals surface area contributed by atoms with Crippen LogP contribution in [0.1, 0.15) is 12.5 Å². The average Bonchev–Trinajstić information content (AvgIpc) is 2.64. The number of hydrogen-bond donors (Lipinski definition) is 1. The molecule has 1 N–H and O–H groups in total. The number of benzene rings is 1. The first-order chi connectivity index (χ1) is 7.20. The van der Waals surface area contributed by atoms with E-state index in [0.29, 0.717) is 6.04 Å². The lowest BCUT2D eigenvalue weighted by Crippen LogP contribution is -2.27. The van der Waals surface area contributed by atoms with Crippen LogP contribution in [0.2, 0.25) is 0 Å². The van der Waals surface area contributed by atoms with E-state index in [1.54, 1.807) is 7.11 Å². The zero-order valence-electron chi connectivity index (χ0n) is 8.75. The quantitative estimate of drug-likeness (QED) is 0.893. The Kier molecular flexibility index (Phi) is 2.95. The van der Waals surface area contributed by atoms with Crippen molar-refractivity contribution >= 4 is 21.8 Å². The van der Waals surface area contributed by atoms with Crippen molar-refractivity contribution in [1.82, 2.24) is 5.32 Å². The molecule has 3 nitrogen and oxygen atoms in total. The maximum atomic E-state index is 5.32. The van der Waals surface area contributed by atoms with Gasteiger partial charge in [-0.15, -0.1) is 0 Å². The van der Waals surface area contributed by atoms with Crippen LogP contribution in [-0.2, 0) is 0 Å². The molecule has 0 amide bonds. The summed E-state index contributed by atoms with van der Waals surface area (Å²) in [7, 11) is 1.67. The summed E-state index contributed by atoms with van der Waals surface area (Å²) >= 11 is 3.42. The third-order valence-corrected chi connectivity index (χ3v) is 2.82. The molecule has 1 atom stereocenters. The standard InChI is InChI=1S/C11H13BrN2O/c1-7-6-13-11(14-7)9-4-3-8(12)5-10(9)15-2/h3-5,7H,6H2,1-2H3,(H,13,14). The van der Waals surface area contributed by atoms with Crippen LogP contribution in [0.4, 0.5) is 0 Å². The lowest BCUT2D eigenvalue weighted by molar-refractivity contribution is 0.413. The van der Waals surface area contributed by atoms with Crippen molar-refractivity contribution in [1.29, 1.82) is 0 Å². The molecule has 0 fully saturated rings. The van der Waals surface area contributed by atoms with E-state index >= 15 is 0 Å². The molecule has 1 unspecified atom stereocenters. The predicted octanol–water partition coefficient (Wildman–Crippen LogP) is 2.20. The summed E-state index contributed by atoms with van der Waals surface area (Å²) in [6, 6.07) is 6.36. The summed E-state index contributed by atoms with van der Waals surface area (Å²) in [5.41, 5.74) is 1.02. The van der Waals surface area contributed by atoms with Crippen LogP contribution in [0.15, 0.2) is 27.7 Å². The highest BCUT2D eigenvalue weighted by molar-refractivity contribution is 9.10. The van der Waals surface area contributed by atoms with E-state index in [1.165, 1.54) is 0 Å². The van der Waals surface area contributed by atoms with Crippen molar-refractivity contribution in [3.63, 3.8) is 0 Å². The minimum absolute atomic E-state index is 0.411. The molecular weight excluding hydrogens is 256 g/mol. The van der Waals surface area contributed by atoms with E-state index in [4.69, 9.17) is 4.74 Å². The van der Waals surface area contributed by atoms with Gasteiger partial charge in [-0.1, -0.05) is 15.9 Å². The Morgan fingerprint density at radius 2 is 2.33 bits per heavy atom. The molecule has 80 valence electrons. The molecule has 0 saturated heterocycles. The molecule has 1 aromatic carbocycles. The predicted molar refractivity (Wildman–Crippen MR) is 64.7 cm³/mol. The fourth-order valence-corrected chi connectivity index (χ4v) is 1.92. The van der Waals surface area contributed by atoms with Crippen molar-refractivity contribution in [2.24, 2.45) is 4.99 Å². The Morgan fingerprint density at radius 1 is 1.53 bits per heavy atom. The van der Waals surface area contributed by atoms with Crippen LogP contribution in [0.25, 0.3) is 0 Å². The Hall–Kier alpha value is -1.03. The summed E-state index contributed by atoms with van der Waals surface area (Å²) in [6.45, 7) is 2.94. The first-order valence-electron chi connectivity index (χ1n) is 4.85. The van der Waals surface area contributed by atoms with Gasteiger partial charge in [-0.05, 0) is 25.1 Å². The van der Waals surface area contributed by atoms with E-state index in [2.05, 4.69) is 33.2 Å². The topological polar surface area (TPSA) is 33.6 Å². The van der Waals surface area contributed by atoms with Crippen LogP contribution in [0, 0.1) is 0 Å². The lowest BCUT2D eigenvalue weighted by Gasteiger charge is -2.10. The summed E-state index contributed by atoms with van der Waals surface area (Å²) in [6.07, 6.45) is 0. The number of methoxy groups -OCH3 is 1. The molecule has 4 heteroatoms. The molecule has 1 aromatic rings. The molecule has 1 heterocycles. The molecule has 0 aromatic heterocycles. The highest BCUT2D eigenvalue weighted by atomic mass is 79.9. The van der Waals surface area contributed by atoms with E-state index < -0.39 is 0 Å². The monoisotopic (exact) mass is 268 g/mol. The molecule has 2 rings (SSSR count). The van der Waals surface area contributed by atoms with Crippen molar-refractivity contribution in [2.75, 3.05) is 13.7 Å². The summed E-state index contributed by atoms with van der Waals surface area (Å²) < 4.78 is 6.33. The average molecular weight is 269 g/mol. The fourth-order valence-electron chi connectivity index (χ4n) is 1.58. The van der Waals surface area contributed by atoms with Gasteiger partial charge in [0.2, 0.25) is 0 Å². The molecule has 0 spiro atoms. The van der Waals surface area contributed by atoms with Crippen molar-refractivity contribution in [3.8, 4) is 5.75 Å². The highest BCUT2D eigenvalue weighted by Gasteiger charge is 2.17. The second kappa shape index (κ2) is 4.23. The lowest BCUT2D eigenvalue weighted by atomic mass is 10.2. The second-order valence-electron chi connectivity index (χ2n) is 3.58. The van der Waals surface area contributed by atoms with E-state index in [0.717, 1.165) is 28.2 Å². The normalized spacial score (nSPS) is 19.7. The molecular formula is C11H13BrN2O. The van der Waals surface area contributed by atoms with Crippen molar-refractivity contribution in [2.45, 2.75) is 13.0 Å². The molecule has 0 saturated carbocycles. The SMILES string of the molecule is COc1cc(Br)ccc1C1=NCC(C)N1. The van der Waals surface area contributed by atoms with Gasteiger partial charge in [0.15, 0.2) is 0 Å². The number of nitrogens with zero attached hydrogens (tertiary/aromatic N) is 1. The van der Waals surface area contributed by atoms with E-state index in [9.17, 15) is 0 Å². The van der Waals surface area contributed by atoms with Gasteiger partial charge in [-0.3, -0.25) is 4.99 Å². The molecule has 0 radical (unpaired) electrons. The van der Waals surface area contributed by atoms with Crippen LogP contribution in [0.5, 0.6) is 5.75 Å². The summed E-state index contributed by atoms with van der Waals surface area (Å²) in [5.74, 6) is 1.76. The number of rotatable bonds is 2. The fraction of sp³-hybridized carbons (Fsp3) is 0.364. The number of ether oxygens (including phenoxy) is 1. The smallest absolute Gasteiger partial charge is 0.132 e. The second-order valence-corrected chi connectivity index (χ2v) is 4.49. The van der Waals surface area contributed by atoms with Gasteiger partial charge in [0.1, 0.15) is 11.6 Å². The van der Waals surface area contributed by atoms with Crippen LogP contribution in [-0.4, -0.2) is 25.5 Å². The number of nitrogens with one attached hydrogen (secondary N) is 1. The molecule has 0 bridgehead atoms. The molecule has 0 aliphatic carbocycles. The van der Waals surface area contributed by atoms with Crippen molar-refractivity contribution < 1.29 is 4.74 Å². The highest BCUT2D eigenvalue weighted by Crippen LogP contribution is 2.24. The minimum Gasteiger partial charge on any atom is -0.496 e. The number of amidine groups is 1. The van der Waals surface area contributed by atoms with Crippen LogP contribution >= 0.6 is 15.9 Å². The maximum absolute atomic E-state index is 5.32. The van der Waals surface area contributed by atoms with Crippen LogP contribution in [0.3, 0.4) is 0 Å². The zero-order valence-corrected chi connectivity index (χ0v) is 10.3. The van der Waals surface area contributed by atoms with Gasteiger partial charge in [-0.2, -0.15) is 0 Å². The third-order valence-electron chi connectivity index (χ3n) is 2.33. The van der Waals surface area contributed by atoms with E-state index in [1.807, 2.05) is 18.2 Å². The molecule has 15 heavy (non-hydrogen) atoms. The minimum atomic E-state index is 0.411. The maximum Gasteiger partial charge on any atom is 0.132 e. The summed E-state index contributed by atoms with van der Waals surface area (Å²) in [4.78, 5) is 4.44. The van der Waals surface area contributed by atoms with Gasteiger partial charge in [0.05, 0.1) is 19.2 Å². The van der Waals surface area contributed by atoms with Gasteiger partial charge in [0.25, 0.3) is 0 Å².